The molecule has 0 saturated carbocycles. The number of carboxylic acid groups (broad SMARTS) is 1. The third-order valence-corrected chi connectivity index (χ3v) is 6.77. The van der Waals surface area contributed by atoms with Gasteiger partial charge in [-0.25, -0.2) is 4.68 Å². The van der Waals surface area contributed by atoms with Gasteiger partial charge < -0.3 is 21.1 Å². The molecule has 14 heteroatoms. The SMILES string of the molecule is CCn1nnnc1SCC1(C(=O)O)CS[C@@H]2C(N)C(=O)N2C1.CNC.Cl.Cl. The molecule has 3 atom stereocenters. The van der Waals surface area contributed by atoms with E-state index in [0.29, 0.717) is 23.2 Å². The summed E-state index contributed by atoms with van der Waals surface area (Å²) in [4.78, 5) is 25.2. The van der Waals surface area contributed by atoms with Gasteiger partial charge in [-0.1, -0.05) is 11.8 Å². The van der Waals surface area contributed by atoms with Gasteiger partial charge in [0.1, 0.15) is 16.8 Å². The molecule has 1 aromatic rings. The number of thioether (sulfide) groups is 2. The second-order valence-corrected chi connectivity index (χ2v) is 7.89. The molecule has 2 aliphatic heterocycles. The van der Waals surface area contributed by atoms with Gasteiger partial charge in [0.15, 0.2) is 0 Å². The van der Waals surface area contributed by atoms with Crippen LogP contribution in [-0.4, -0.2) is 85.7 Å². The van der Waals surface area contributed by atoms with Crippen LogP contribution in [0.4, 0.5) is 0 Å². The molecule has 2 saturated heterocycles. The number of carbonyl (C=O) groups is 2. The van der Waals surface area contributed by atoms with Crippen molar-refractivity contribution < 1.29 is 14.7 Å². The number of amides is 1. The molecule has 3 rings (SSSR count). The van der Waals surface area contributed by atoms with Gasteiger partial charge in [-0.2, -0.15) is 0 Å². The van der Waals surface area contributed by atoms with Crippen molar-refractivity contribution in [2.75, 3.05) is 32.1 Å². The Morgan fingerprint density at radius 2 is 2.11 bits per heavy atom. The zero-order valence-corrected chi connectivity index (χ0v) is 18.5. The van der Waals surface area contributed by atoms with Crippen LogP contribution in [0.3, 0.4) is 0 Å². The summed E-state index contributed by atoms with van der Waals surface area (Å²) >= 11 is 2.74. The normalized spacial score (nSPS) is 25.8. The smallest absolute Gasteiger partial charge is 0.313 e. The lowest BCUT2D eigenvalue weighted by Gasteiger charge is -2.52. The number of fused-ring (bicyclic) bond motifs is 1. The monoisotopic (exact) mass is 461 g/mol. The van der Waals surface area contributed by atoms with Crippen molar-refractivity contribution in [1.82, 2.24) is 30.4 Å². The molecular weight excluding hydrogens is 437 g/mol. The molecule has 27 heavy (non-hydrogen) atoms. The van der Waals surface area contributed by atoms with E-state index >= 15 is 0 Å². The summed E-state index contributed by atoms with van der Waals surface area (Å²) in [6.07, 6.45) is 0. The number of aromatic nitrogens is 4. The van der Waals surface area contributed by atoms with E-state index in [-0.39, 0.29) is 42.6 Å². The topological polar surface area (TPSA) is 139 Å². The summed E-state index contributed by atoms with van der Waals surface area (Å²) in [5.41, 5.74) is 4.73. The first-order chi connectivity index (χ1) is 11.9. The fourth-order valence-electron chi connectivity index (χ4n) is 2.51. The molecule has 0 spiro atoms. The standard InChI is InChI=1S/C11H16N6O3S2.C2H7N.2ClH/c1-2-17-10(13-14-15-17)22-5-11(9(19)20)3-16-7(18)6(12)8(16)21-4-11;1-3-2;;/h6,8H,2-5,12H2,1H3,(H,19,20);3H,1-2H3;2*1H/t6?,8-,11?;;;/m1.../s1. The van der Waals surface area contributed by atoms with Crippen molar-refractivity contribution in [3.8, 4) is 0 Å². The largest absolute Gasteiger partial charge is 0.481 e. The van der Waals surface area contributed by atoms with Crippen LogP contribution in [0, 0.1) is 5.41 Å². The second kappa shape index (κ2) is 11.3. The number of halogens is 2. The molecule has 10 nitrogen and oxygen atoms in total. The zero-order valence-electron chi connectivity index (χ0n) is 15.2. The molecule has 0 aliphatic carbocycles. The van der Waals surface area contributed by atoms with Crippen molar-refractivity contribution in [1.29, 1.82) is 0 Å². The highest BCUT2D eigenvalue weighted by atomic mass is 35.5. The molecule has 156 valence electrons. The van der Waals surface area contributed by atoms with Gasteiger partial charge >= 0.3 is 5.97 Å². The van der Waals surface area contributed by atoms with Crippen molar-refractivity contribution >= 4 is 60.2 Å². The first-order valence-electron chi connectivity index (χ1n) is 7.78. The Hall–Kier alpha value is -0.790. The van der Waals surface area contributed by atoms with E-state index in [0.717, 1.165) is 0 Å². The predicted molar refractivity (Wildman–Crippen MR) is 110 cm³/mol. The van der Waals surface area contributed by atoms with Crippen LogP contribution in [0.15, 0.2) is 5.16 Å². The molecule has 4 N–H and O–H groups in total. The van der Waals surface area contributed by atoms with E-state index < -0.39 is 17.4 Å². The summed E-state index contributed by atoms with van der Waals surface area (Å²) in [5, 5.41) is 24.2. The molecule has 0 bridgehead atoms. The Morgan fingerprint density at radius 1 is 1.48 bits per heavy atom. The summed E-state index contributed by atoms with van der Waals surface area (Å²) in [5.74, 6) is -0.354. The number of rotatable bonds is 5. The molecule has 2 fully saturated rings. The lowest BCUT2D eigenvalue weighted by Crippen LogP contribution is -2.72. The number of hydrogen-bond donors (Lipinski definition) is 3. The minimum atomic E-state index is -1.01. The van der Waals surface area contributed by atoms with Gasteiger partial charge in [0.2, 0.25) is 11.1 Å². The fraction of sp³-hybridized carbons (Fsp3) is 0.769. The highest BCUT2D eigenvalue weighted by Gasteiger charge is 2.55. The Labute approximate surface area is 178 Å². The second-order valence-electron chi connectivity index (χ2n) is 5.84. The minimum Gasteiger partial charge on any atom is -0.481 e. The van der Waals surface area contributed by atoms with Crippen LogP contribution in [0.25, 0.3) is 0 Å². The average molecular weight is 462 g/mol. The molecule has 1 aromatic heterocycles. The number of nitrogens with zero attached hydrogens (tertiary/aromatic N) is 5. The third kappa shape index (κ3) is 5.39. The number of hydrogen-bond acceptors (Lipinski definition) is 9. The number of tetrazole rings is 1. The Bertz CT molecular complexity index is 639. The van der Waals surface area contributed by atoms with Gasteiger partial charge in [0.25, 0.3) is 0 Å². The van der Waals surface area contributed by atoms with E-state index in [1.165, 1.54) is 23.5 Å². The first kappa shape index (κ1) is 26.2. The highest BCUT2D eigenvalue weighted by molar-refractivity contribution is 8.00. The highest BCUT2D eigenvalue weighted by Crippen LogP contribution is 2.43. The molecule has 3 heterocycles. The summed E-state index contributed by atoms with van der Waals surface area (Å²) in [7, 11) is 3.75. The number of aliphatic carboxylic acids is 1. The molecule has 2 aliphatic rings. The summed E-state index contributed by atoms with van der Waals surface area (Å²) < 4.78 is 1.61. The fourth-order valence-corrected chi connectivity index (χ4v) is 5.26. The minimum absolute atomic E-state index is 0. The number of β-lactam (4-membered cyclic amide) rings is 1. The maximum atomic E-state index is 11.8. The predicted octanol–water partition coefficient (Wildman–Crippen LogP) is -0.222. The van der Waals surface area contributed by atoms with Crippen molar-refractivity contribution in [2.45, 2.75) is 30.0 Å². The van der Waals surface area contributed by atoms with Gasteiger partial charge in [0.05, 0.1) is 0 Å². The van der Waals surface area contributed by atoms with Crippen LogP contribution >= 0.6 is 48.3 Å². The summed E-state index contributed by atoms with van der Waals surface area (Å²) in [6, 6.07) is -0.503. The number of aryl methyl sites for hydroxylation is 1. The maximum absolute atomic E-state index is 11.8. The van der Waals surface area contributed by atoms with E-state index in [1.807, 2.05) is 21.0 Å². The van der Waals surface area contributed by atoms with Crippen LogP contribution in [0.2, 0.25) is 0 Å². The Morgan fingerprint density at radius 3 is 2.67 bits per heavy atom. The number of nitrogens with one attached hydrogen (secondary N) is 1. The van der Waals surface area contributed by atoms with Crippen LogP contribution in [0.1, 0.15) is 6.92 Å². The number of carboxylic acids is 1. The number of nitrogens with two attached hydrogens (primary N) is 1. The quantitative estimate of drug-likeness (QED) is 0.397. The van der Waals surface area contributed by atoms with Crippen molar-refractivity contribution in [3.05, 3.63) is 0 Å². The molecule has 0 radical (unpaired) electrons. The van der Waals surface area contributed by atoms with Gasteiger partial charge in [-0.3, -0.25) is 9.59 Å². The van der Waals surface area contributed by atoms with E-state index in [4.69, 9.17) is 5.73 Å². The van der Waals surface area contributed by atoms with Crippen LogP contribution in [-0.2, 0) is 16.1 Å². The van der Waals surface area contributed by atoms with Crippen LogP contribution in [0.5, 0.6) is 0 Å². The van der Waals surface area contributed by atoms with Gasteiger partial charge in [-0.15, -0.1) is 41.7 Å². The molecule has 2 unspecified atom stereocenters. The lowest BCUT2D eigenvalue weighted by atomic mass is 9.89. The Balaban J connectivity index is 0.00000127. The third-order valence-electron chi connectivity index (χ3n) is 3.92. The first-order valence-corrected chi connectivity index (χ1v) is 9.82. The van der Waals surface area contributed by atoms with Crippen LogP contribution < -0.4 is 11.1 Å². The molecule has 1 amide bonds. The van der Waals surface area contributed by atoms with Gasteiger partial charge in [0, 0.05) is 24.6 Å². The number of carbonyl (C=O) groups excluding carboxylic acids is 1. The van der Waals surface area contributed by atoms with Gasteiger partial charge in [-0.05, 0) is 31.4 Å². The molecular formula is C13H25Cl2N7O3S2. The Kier molecular flexibility index (Phi) is 10.9. The zero-order chi connectivity index (χ0) is 18.6. The molecule has 0 aromatic carbocycles. The van der Waals surface area contributed by atoms with Crippen molar-refractivity contribution in [2.24, 2.45) is 11.1 Å². The lowest BCUT2D eigenvalue weighted by molar-refractivity contribution is -0.155. The van der Waals surface area contributed by atoms with E-state index in [1.54, 1.807) is 9.58 Å². The average Bonchev–Trinajstić information content (AvgIpc) is 3.07. The van der Waals surface area contributed by atoms with Crippen molar-refractivity contribution in [3.63, 3.8) is 0 Å². The summed E-state index contributed by atoms with van der Waals surface area (Å²) in [6.45, 7) is 2.72. The van der Waals surface area contributed by atoms with E-state index in [9.17, 15) is 14.7 Å². The van der Waals surface area contributed by atoms with E-state index in [2.05, 4.69) is 20.8 Å². The maximum Gasteiger partial charge on any atom is 0.313 e.